The lowest BCUT2D eigenvalue weighted by atomic mass is 9.96. The van der Waals surface area contributed by atoms with E-state index in [1.807, 2.05) is 48.7 Å². The monoisotopic (exact) mass is 297 g/mol. The van der Waals surface area contributed by atoms with Gasteiger partial charge in [-0.2, -0.15) is 0 Å². The van der Waals surface area contributed by atoms with Gasteiger partial charge in [-0.3, -0.25) is 16.3 Å². The van der Waals surface area contributed by atoms with Crippen LogP contribution in [0.15, 0.2) is 60.8 Å². The topological polar surface area (TPSA) is 50.9 Å². The van der Waals surface area contributed by atoms with E-state index in [-0.39, 0.29) is 6.04 Å². The summed E-state index contributed by atoms with van der Waals surface area (Å²) in [7, 11) is 0. The summed E-state index contributed by atoms with van der Waals surface area (Å²) >= 11 is 6.05. The van der Waals surface area contributed by atoms with Crippen molar-refractivity contribution < 1.29 is 0 Å². The lowest BCUT2D eigenvalue weighted by molar-refractivity contribution is 0.555. The van der Waals surface area contributed by atoms with Crippen molar-refractivity contribution in [3.8, 4) is 0 Å². The lowest BCUT2D eigenvalue weighted by Gasteiger charge is -2.18. The van der Waals surface area contributed by atoms with E-state index in [4.69, 9.17) is 17.4 Å². The molecule has 1 atom stereocenters. The van der Waals surface area contributed by atoms with Crippen LogP contribution in [0.3, 0.4) is 0 Å². The lowest BCUT2D eigenvalue weighted by Crippen LogP contribution is -2.29. The molecule has 3 nitrogen and oxygen atoms in total. The van der Waals surface area contributed by atoms with Crippen LogP contribution in [0.1, 0.15) is 17.2 Å². The first kappa shape index (κ1) is 14.0. The second kappa shape index (κ2) is 6.22. The van der Waals surface area contributed by atoms with Crippen molar-refractivity contribution in [2.24, 2.45) is 5.84 Å². The van der Waals surface area contributed by atoms with Crippen molar-refractivity contribution in [2.75, 3.05) is 0 Å². The van der Waals surface area contributed by atoms with Gasteiger partial charge < -0.3 is 0 Å². The van der Waals surface area contributed by atoms with Crippen molar-refractivity contribution in [3.63, 3.8) is 0 Å². The van der Waals surface area contributed by atoms with Crippen LogP contribution in [-0.2, 0) is 6.42 Å². The van der Waals surface area contributed by atoms with Gasteiger partial charge in [0.15, 0.2) is 0 Å². The van der Waals surface area contributed by atoms with E-state index >= 15 is 0 Å². The van der Waals surface area contributed by atoms with Crippen LogP contribution in [0.25, 0.3) is 10.9 Å². The Balaban J connectivity index is 1.98. The molecule has 0 aliphatic carbocycles. The van der Waals surface area contributed by atoms with Crippen LogP contribution in [0, 0.1) is 0 Å². The summed E-state index contributed by atoms with van der Waals surface area (Å²) in [6.45, 7) is 0. The smallest absolute Gasteiger partial charge is 0.0705 e. The van der Waals surface area contributed by atoms with Gasteiger partial charge in [-0.25, -0.2) is 0 Å². The summed E-state index contributed by atoms with van der Waals surface area (Å²) in [5, 5.41) is 1.85. The zero-order valence-electron chi connectivity index (χ0n) is 11.5. The number of halogens is 1. The highest BCUT2D eigenvalue weighted by Crippen LogP contribution is 2.25. The van der Waals surface area contributed by atoms with Crippen molar-refractivity contribution in [3.05, 3.63) is 76.9 Å². The maximum atomic E-state index is 6.05. The first-order chi connectivity index (χ1) is 10.3. The Morgan fingerprint density at radius 1 is 1.10 bits per heavy atom. The molecule has 1 unspecified atom stereocenters. The van der Waals surface area contributed by atoms with E-state index in [0.29, 0.717) is 0 Å². The predicted molar refractivity (Wildman–Crippen MR) is 87.0 cm³/mol. The van der Waals surface area contributed by atoms with Gasteiger partial charge in [-0.15, -0.1) is 0 Å². The van der Waals surface area contributed by atoms with Crippen molar-refractivity contribution in [2.45, 2.75) is 12.5 Å². The van der Waals surface area contributed by atoms with Crippen molar-refractivity contribution in [1.82, 2.24) is 10.4 Å². The minimum atomic E-state index is 0.0105. The van der Waals surface area contributed by atoms with E-state index in [9.17, 15) is 0 Å². The molecule has 3 rings (SSSR count). The molecule has 21 heavy (non-hydrogen) atoms. The molecule has 0 aliphatic rings. The normalized spacial score (nSPS) is 12.5. The third kappa shape index (κ3) is 3.05. The minimum absolute atomic E-state index is 0.0105. The number of rotatable bonds is 4. The van der Waals surface area contributed by atoms with E-state index < -0.39 is 0 Å². The van der Waals surface area contributed by atoms with Gasteiger partial charge in [-0.05, 0) is 41.8 Å². The summed E-state index contributed by atoms with van der Waals surface area (Å²) < 4.78 is 0. The van der Waals surface area contributed by atoms with E-state index in [0.717, 1.165) is 33.5 Å². The van der Waals surface area contributed by atoms with Crippen LogP contribution in [0.4, 0.5) is 0 Å². The van der Waals surface area contributed by atoms with Gasteiger partial charge >= 0.3 is 0 Å². The van der Waals surface area contributed by atoms with Crippen molar-refractivity contribution >= 4 is 22.5 Å². The molecule has 0 saturated heterocycles. The highest BCUT2D eigenvalue weighted by Gasteiger charge is 2.14. The summed E-state index contributed by atoms with van der Waals surface area (Å²) in [5.74, 6) is 5.78. The maximum Gasteiger partial charge on any atom is 0.0705 e. The van der Waals surface area contributed by atoms with Gasteiger partial charge in [-0.1, -0.05) is 41.9 Å². The van der Waals surface area contributed by atoms with Crippen molar-refractivity contribution in [1.29, 1.82) is 0 Å². The number of benzene rings is 2. The third-order valence-electron chi connectivity index (χ3n) is 3.59. The number of nitrogens with one attached hydrogen (secondary N) is 1. The molecule has 3 aromatic rings. The molecule has 0 radical (unpaired) electrons. The molecule has 0 spiro atoms. The molecule has 0 amide bonds. The fourth-order valence-corrected chi connectivity index (χ4v) is 2.79. The van der Waals surface area contributed by atoms with E-state index in [2.05, 4.69) is 22.5 Å². The molecule has 1 heterocycles. The molecule has 0 fully saturated rings. The predicted octanol–water partition coefficient (Wildman–Crippen LogP) is 3.64. The second-order valence-corrected chi connectivity index (χ2v) is 5.41. The molecule has 0 aliphatic heterocycles. The number of hydrazine groups is 1. The molecule has 0 bridgehead atoms. The molecular weight excluding hydrogens is 282 g/mol. The SMILES string of the molecule is NNC(Cc1cccc(Cl)c1)c1ccnc2ccccc12. The van der Waals surface area contributed by atoms with Crippen LogP contribution < -0.4 is 11.3 Å². The number of aromatic nitrogens is 1. The quantitative estimate of drug-likeness (QED) is 0.571. The Morgan fingerprint density at radius 2 is 1.95 bits per heavy atom. The summed E-state index contributed by atoms with van der Waals surface area (Å²) in [6.07, 6.45) is 2.59. The third-order valence-corrected chi connectivity index (χ3v) is 3.82. The van der Waals surface area contributed by atoms with Crippen LogP contribution in [0.2, 0.25) is 5.02 Å². The van der Waals surface area contributed by atoms with Crippen LogP contribution >= 0.6 is 11.6 Å². The Hall–Kier alpha value is -1.94. The highest BCUT2D eigenvalue weighted by molar-refractivity contribution is 6.30. The average Bonchev–Trinajstić information content (AvgIpc) is 2.52. The van der Waals surface area contributed by atoms with Gasteiger partial charge in [0.05, 0.1) is 11.6 Å². The summed E-state index contributed by atoms with van der Waals surface area (Å²) in [6, 6.07) is 17.9. The molecule has 4 heteroatoms. The Morgan fingerprint density at radius 3 is 2.76 bits per heavy atom. The van der Waals surface area contributed by atoms with Gasteiger partial charge in [0.2, 0.25) is 0 Å². The Kier molecular flexibility index (Phi) is 4.15. The molecule has 3 N–H and O–H groups in total. The standard InChI is InChI=1S/C17H16ClN3/c18-13-5-3-4-12(10-13)11-17(21-19)15-8-9-20-16-7-2-1-6-14(15)16/h1-10,17,21H,11,19H2. The van der Waals surface area contributed by atoms with Crippen LogP contribution in [0.5, 0.6) is 0 Å². The number of pyridine rings is 1. The Labute approximate surface area is 128 Å². The first-order valence-corrected chi connectivity index (χ1v) is 7.20. The molecule has 106 valence electrons. The fourth-order valence-electron chi connectivity index (χ4n) is 2.58. The molecule has 2 aromatic carbocycles. The van der Waals surface area contributed by atoms with Gasteiger partial charge in [0.1, 0.15) is 0 Å². The van der Waals surface area contributed by atoms with Gasteiger partial charge in [0, 0.05) is 16.6 Å². The highest BCUT2D eigenvalue weighted by atomic mass is 35.5. The zero-order chi connectivity index (χ0) is 14.7. The minimum Gasteiger partial charge on any atom is -0.271 e. The largest absolute Gasteiger partial charge is 0.271 e. The number of para-hydroxylation sites is 1. The number of hydrogen-bond acceptors (Lipinski definition) is 3. The number of hydrogen-bond donors (Lipinski definition) is 2. The summed E-state index contributed by atoms with van der Waals surface area (Å²) in [5.41, 5.74) is 6.17. The van der Waals surface area contributed by atoms with E-state index in [1.165, 1.54) is 0 Å². The molecule has 0 saturated carbocycles. The molecular formula is C17H16ClN3. The van der Waals surface area contributed by atoms with E-state index in [1.54, 1.807) is 0 Å². The van der Waals surface area contributed by atoms with Crippen LogP contribution in [-0.4, -0.2) is 4.98 Å². The number of fused-ring (bicyclic) bond motifs is 1. The second-order valence-electron chi connectivity index (χ2n) is 4.97. The average molecular weight is 298 g/mol. The zero-order valence-corrected chi connectivity index (χ0v) is 12.2. The van der Waals surface area contributed by atoms with Gasteiger partial charge in [0.25, 0.3) is 0 Å². The Bertz CT molecular complexity index is 752. The fraction of sp³-hybridized carbons (Fsp3) is 0.118. The number of nitrogens with zero attached hydrogens (tertiary/aromatic N) is 1. The first-order valence-electron chi connectivity index (χ1n) is 6.82. The maximum absolute atomic E-state index is 6.05. The summed E-state index contributed by atoms with van der Waals surface area (Å²) in [4.78, 5) is 4.39. The number of nitrogens with two attached hydrogens (primary N) is 1. The molecule has 1 aromatic heterocycles.